The van der Waals surface area contributed by atoms with Gasteiger partial charge < -0.3 is 15.2 Å². The van der Waals surface area contributed by atoms with Crippen LogP contribution in [0.1, 0.15) is 59.3 Å². The molecule has 0 aromatic carbocycles. The second kappa shape index (κ2) is 8.13. The lowest BCUT2D eigenvalue weighted by atomic mass is 9.97. The van der Waals surface area contributed by atoms with Crippen LogP contribution < -0.4 is 5.32 Å². The van der Waals surface area contributed by atoms with Crippen molar-refractivity contribution in [3.8, 4) is 0 Å². The first-order valence-corrected chi connectivity index (χ1v) is 7.56. The fourth-order valence-corrected chi connectivity index (χ4v) is 2.34. The van der Waals surface area contributed by atoms with E-state index in [2.05, 4.69) is 26.1 Å². The van der Waals surface area contributed by atoms with E-state index in [0.717, 1.165) is 26.1 Å². The Morgan fingerprint density at radius 2 is 2.17 bits per heavy atom. The Morgan fingerprint density at radius 1 is 1.44 bits per heavy atom. The van der Waals surface area contributed by atoms with E-state index in [1.54, 1.807) is 0 Å². The maximum Gasteiger partial charge on any atom is 0.0610 e. The molecule has 1 aliphatic rings. The van der Waals surface area contributed by atoms with Crippen LogP contribution in [0.4, 0.5) is 0 Å². The lowest BCUT2D eigenvalue weighted by molar-refractivity contribution is 0.0864. The van der Waals surface area contributed by atoms with Crippen LogP contribution >= 0.6 is 0 Å². The minimum atomic E-state index is -0.112. The minimum absolute atomic E-state index is 0.112. The molecule has 0 bridgehead atoms. The summed E-state index contributed by atoms with van der Waals surface area (Å²) in [6.45, 7) is 8.49. The van der Waals surface area contributed by atoms with Crippen LogP contribution in [0.15, 0.2) is 0 Å². The van der Waals surface area contributed by atoms with Gasteiger partial charge in [-0.25, -0.2) is 0 Å². The molecule has 3 heteroatoms. The van der Waals surface area contributed by atoms with Gasteiger partial charge in [0, 0.05) is 24.8 Å². The third-order valence-corrected chi connectivity index (χ3v) is 3.68. The zero-order valence-corrected chi connectivity index (χ0v) is 12.4. The summed E-state index contributed by atoms with van der Waals surface area (Å²) >= 11 is 0. The van der Waals surface area contributed by atoms with Gasteiger partial charge in [0.2, 0.25) is 0 Å². The minimum Gasteiger partial charge on any atom is -0.394 e. The van der Waals surface area contributed by atoms with Crippen molar-refractivity contribution in [2.45, 2.75) is 70.9 Å². The lowest BCUT2D eigenvalue weighted by Crippen LogP contribution is -2.47. The van der Waals surface area contributed by atoms with Crippen molar-refractivity contribution in [3.05, 3.63) is 0 Å². The standard InChI is InChI=1S/C15H31NO2/c1-4-6-13(2)11-18-10-5-9-15(3,12-17)16-14-7-8-14/h13-14,16-17H,4-12H2,1-3H3. The average molecular weight is 257 g/mol. The largest absolute Gasteiger partial charge is 0.394 e. The second-order valence-electron chi connectivity index (χ2n) is 6.21. The topological polar surface area (TPSA) is 41.5 Å². The van der Waals surface area contributed by atoms with Gasteiger partial charge in [-0.05, 0) is 44.9 Å². The van der Waals surface area contributed by atoms with Gasteiger partial charge in [-0.1, -0.05) is 20.3 Å². The van der Waals surface area contributed by atoms with Gasteiger partial charge in [-0.2, -0.15) is 0 Å². The Balaban J connectivity index is 2.04. The Labute approximate surface area is 112 Å². The third-order valence-electron chi connectivity index (χ3n) is 3.68. The molecule has 0 aromatic heterocycles. The summed E-state index contributed by atoms with van der Waals surface area (Å²) in [5.41, 5.74) is -0.112. The van der Waals surface area contributed by atoms with E-state index < -0.39 is 0 Å². The quantitative estimate of drug-likeness (QED) is 0.559. The van der Waals surface area contributed by atoms with Crippen molar-refractivity contribution >= 4 is 0 Å². The van der Waals surface area contributed by atoms with Crippen LogP contribution in [-0.2, 0) is 4.74 Å². The fraction of sp³-hybridized carbons (Fsp3) is 1.00. The molecule has 0 aliphatic heterocycles. The van der Waals surface area contributed by atoms with E-state index in [-0.39, 0.29) is 12.1 Å². The van der Waals surface area contributed by atoms with Crippen LogP contribution in [0.5, 0.6) is 0 Å². The van der Waals surface area contributed by atoms with Gasteiger partial charge in [0.25, 0.3) is 0 Å². The van der Waals surface area contributed by atoms with Gasteiger partial charge in [0.05, 0.1) is 6.61 Å². The third kappa shape index (κ3) is 6.72. The summed E-state index contributed by atoms with van der Waals surface area (Å²) in [6.07, 6.45) is 7.02. The van der Waals surface area contributed by atoms with Crippen molar-refractivity contribution < 1.29 is 9.84 Å². The maximum atomic E-state index is 9.47. The molecular formula is C15H31NO2. The molecule has 2 N–H and O–H groups in total. The number of aliphatic hydroxyl groups excluding tert-OH is 1. The SMILES string of the molecule is CCCC(C)COCCCC(C)(CO)NC1CC1. The first-order valence-electron chi connectivity index (χ1n) is 7.56. The van der Waals surface area contributed by atoms with E-state index in [0.29, 0.717) is 12.0 Å². The molecule has 3 nitrogen and oxygen atoms in total. The summed E-state index contributed by atoms with van der Waals surface area (Å²) in [7, 11) is 0. The number of hydrogen-bond donors (Lipinski definition) is 2. The molecule has 0 spiro atoms. The summed E-state index contributed by atoms with van der Waals surface area (Å²) < 4.78 is 5.70. The maximum absolute atomic E-state index is 9.47. The Hall–Kier alpha value is -0.120. The Bertz CT molecular complexity index is 219. The Morgan fingerprint density at radius 3 is 2.72 bits per heavy atom. The van der Waals surface area contributed by atoms with Crippen LogP contribution in [0, 0.1) is 5.92 Å². The molecule has 1 fully saturated rings. The predicted octanol–water partition coefficient (Wildman–Crippen LogP) is 2.72. The highest BCUT2D eigenvalue weighted by molar-refractivity contribution is 4.92. The molecule has 2 unspecified atom stereocenters. The van der Waals surface area contributed by atoms with Gasteiger partial charge in [0.15, 0.2) is 0 Å². The summed E-state index contributed by atoms with van der Waals surface area (Å²) in [4.78, 5) is 0. The molecule has 0 heterocycles. The zero-order valence-electron chi connectivity index (χ0n) is 12.4. The van der Waals surface area contributed by atoms with Crippen molar-refractivity contribution in [1.82, 2.24) is 5.32 Å². The molecule has 108 valence electrons. The van der Waals surface area contributed by atoms with Crippen molar-refractivity contribution in [2.24, 2.45) is 5.92 Å². The number of nitrogens with one attached hydrogen (secondary N) is 1. The summed E-state index contributed by atoms with van der Waals surface area (Å²) in [6, 6.07) is 0.646. The van der Waals surface area contributed by atoms with Crippen molar-refractivity contribution in [2.75, 3.05) is 19.8 Å². The van der Waals surface area contributed by atoms with Crippen LogP contribution in [0.2, 0.25) is 0 Å². The average Bonchev–Trinajstić information content (AvgIpc) is 3.13. The van der Waals surface area contributed by atoms with Crippen molar-refractivity contribution in [1.29, 1.82) is 0 Å². The van der Waals surface area contributed by atoms with Crippen LogP contribution in [-0.4, -0.2) is 36.5 Å². The molecule has 1 aliphatic carbocycles. The van der Waals surface area contributed by atoms with E-state index >= 15 is 0 Å². The molecular weight excluding hydrogens is 226 g/mol. The van der Waals surface area contributed by atoms with Crippen molar-refractivity contribution in [3.63, 3.8) is 0 Å². The van der Waals surface area contributed by atoms with E-state index in [1.165, 1.54) is 25.7 Å². The first kappa shape index (κ1) is 15.9. The number of ether oxygens (including phenoxy) is 1. The van der Waals surface area contributed by atoms with E-state index in [9.17, 15) is 5.11 Å². The number of hydrogen-bond acceptors (Lipinski definition) is 3. The zero-order chi connectivity index (χ0) is 13.4. The highest BCUT2D eigenvalue weighted by atomic mass is 16.5. The highest BCUT2D eigenvalue weighted by Crippen LogP contribution is 2.24. The predicted molar refractivity (Wildman–Crippen MR) is 75.8 cm³/mol. The van der Waals surface area contributed by atoms with Gasteiger partial charge in [0.1, 0.15) is 0 Å². The monoisotopic (exact) mass is 257 g/mol. The molecule has 0 aromatic rings. The van der Waals surface area contributed by atoms with Crippen LogP contribution in [0.25, 0.3) is 0 Å². The van der Waals surface area contributed by atoms with Crippen LogP contribution in [0.3, 0.4) is 0 Å². The summed E-state index contributed by atoms with van der Waals surface area (Å²) in [5, 5.41) is 13.0. The number of aliphatic hydroxyl groups is 1. The molecule has 1 saturated carbocycles. The molecule has 0 radical (unpaired) electrons. The van der Waals surface area contributed by atoms with E-state index in [4.69, 9.17) is 4.74 Å². The van der Waals surface area contributed by atoms with Gasteiger partial charge in [-0.15, -0.1) is 0 Å². The first-order chi connectivity index (χ1) is 8.59. The molecule has 1 rings (SSSR count). The molecule has 0 saturated heterocycles. The van der Waals surface area contributed by atoms with E-state index in [1.807, 2.05) is 0 Å². The van der Waals surface area contributed by atoms with Gasteiger partial charge in [-0.3, -0.25) is 0 Å². The molecule has 2 atom stereocenters. The smallest absolute Gasteiger partial charge is 0.0610 e. The Kier molecular flexibility index (Phi) is 7.20. The summed E-state index contributed by atoms with van der Waals surface area (Å²) in [5.74, 6) is 0.670. The normalized spacial score (nSPS) is 20.7. The fourth-order valence-electron chi connectivity index (χ4n) is 2.34. The second-order valence-corrected chi connectivity index (χ2v) is 6.21. The molecule has 0 amide bonds. The number of rotatable bonds is 11. The molecule has 18 heavy (non-hydrogen) atoms. The highest BCUT2D eigenvalue weighted by Gasteiger charge is 2.31. The lowest BCUT2D eigenvalue weighted by Gasteiger charge is -2.29. The van der Waals surface area contributed by atoms with Gasteiger partial charge >= 0.3 is 0 Å².